The monoisotopic (exact) mass is 236 g/mol. The van der Waals surface area contributed by atoms with Crippen molar-refractivity contribution < 1.29 is 9.53 Å². The van der Waals surface area contributed by atoms with Gasteiger partial charge in [-0.25, -0.2) is 0 Å². The molecule has 4 nitrogen and oxygen atoms in total. The van der Waals surface area contributed by atoms with E-state index < -0.39 is 0 Å². The molecule has 0 saturated heterocycles. The van der Waals surface area contributed by atoms with Gasteiger partial charge >= 0.3 is 0 Å². The summed E-state index contributed by atoms with van der Waals surface area (Å²) < 4.78 is 5.69. The summed E-state index contributed by atoms with van der Waals surface area (Å²) >= 11 is 0. The van der Waals surface area contributed by atoms with Crippen molar-refractivity contribution in [3.63, 3.8) is 0 Å². The third-order valence-electron chi connectivity index (χ3n) is 2.20. The van der Waals surface area contributed by atoms with Gasteiger partial charge in [0.1, 0.15) is 5.75 Å². The summed E-state index contributed by atoms with van der Waals surface area (Å²) in [5, 5.41) is 3.17. The van der Waals surface area contributed by atoms with Crippen LogP contribution in [0.25, 0.3) is 0 Å². The van der Waals surface area contributed by atoms with Gasteiger partial charge in [-0.2, -0.15) is 0 Å². The summed E-state index contributed by atoms with van der Waals surface area (Å²) in [6.45, 7) is 5.26. The fourth-order valence-corrected chi connectivity index (χ4v) is 1.45. The van der Waals surface area contributed by atoms with Gasteiger partial charge in [0.15, 0.2) is 0 Å². The molecule has 1 rings (SSSR count). The largest absolute Gasteiger partial charge is 0.491 e. The highest BCUT2D eigenvalue weighted by molar-refractivity contribution is 5.73. The average molecular weight is 236 g/mol. The van der Waals surface area contributed by atoms with E-state index in [-0.39, 0.29) is 12.0 Å². The van der Waals surface area contributed by atoms with Gasteiger partial charge in [-0.05, 0) is 19.9 Å². The second kappa shape index (κ2) is 6.91. The van der Waals surface area contributed by atoms with Crippen molar-refractivity contribution in [3.8, 4) is 5.75 Å². The Bertz CT molecular complexity index is 364. The number of rotatable bonds is 7. The highest BCUT2D eigenvalue weighted by atomic mass is 16.5. The minimum absolute atomic E-state index is 0.154. The van der Waals surface area contributed by atoms with Crippen LogP contribution in [0.5, 0.6) is 5.75 Å². The van der Waals surface area contributed by atoms with Crippen molar-refractivity contribution in [3.05, 3.63) is 29.8 Å². The third-order valence-corrected chi connectivity index (χ3v) is 2.20. The molecule has 4 heteroatoms. The van der Waals surface area contributed by atoms with Crippen molar-refractivity contribution >= 4 is 5.91 Å². The first-order valence-electron chi connectivity index (χ1n) is 5.83. The van der Waals surface area contributed by atoms with Crippen LogP contribution >= 0.6 is 0 Å². The van der Waals surface area contributed by atoms with E-state index in [0.29, 0.717) is 19.5 Å². The number of hydrogen-bond donors (Lipinski definition) is 2. The van der Waals surface area contributed by atoms with E-state index in [2.05, 4.69) is 5.32 Å². The van der Waals surface area contributed by atoms with Crippen molar-refractivity contribution in [1.82, 2.24) is 5.32 Å². The zero-order valence-electron chi connectivity index (χ0n) is 10.4. The predicted molar refractivity (Wildman–Crippen MR) is 67.7 cm³/mol. The lowest BCUT2D eigenvalue weighted by Gasteiger charge is -2.14. The van der Waals surface area contributed by atoms with Gasteiger partial charge < -0.3 is 15.8 Å². The molecular formula is C13H20N2O2. The highest BCUT2D eigenvalue weighted by Crippen LogP contribution is 2.18. The van der Waals surface area contributed by atoms with Crippen LogP contribution in [0.1, 0.15) is 25.8 Å². The molecule has 1 aromatic carbocycles. The summed E-state index contributed by atoms with van der Waals surface area (Å²) in [6.07, 6.45) is 0.509. The molecule has 3 N–H and O–H groups in total. The Morgan fingerprint density at radius 2 is 2.12 bits per heavy atom. The second-order valence-electron chi connectivity index (χ2n) is 4.17. The third kappa shape index (κ3) is 5.36. The van der Waals surface area contributed by atoms with Crippen LogP contribution in [-0.2, 0) is 11.3 Å². The molecule has 0 unspecified atom stereocenters. The van der Waals surface area contributed by atoms with E-state index in [0.717, 1.165) is 11.3 Å². The van der Waals surface area contributed by atoms with Crippen molar-refractivity contribution in [2.75, 3.05) is 6.54 Å². The van der Waals surface area contributed by atoms with Gasteiger partial charge in [0, 0.05) is 25.1 Å². The van der Waals surface area contributed by atoms with Crippen molar-refractivity contribution in [2.45, 2.75) is 32.9 Å². The molecule has 0 aliphatic carbocycles. The number of hydrogen-bond acceptors (Lipinski definition) is 3. The molecule has 0 spiro atoms. The van der Waals surface area contributed by atoms with E-state index in [4.69, 9.17) is 10.5 Å². The molecule has 0 atom stereocenters. The number of nitrogens with two attached hydrogens (primary N) is 1. The Morgan fingerprint density at radius 3 is 2.76 bits per heavy atom. The fourth-order valence-electron chi connectivity index (χ4n) is 1.45. The number of carbonyl (C=O) groups excluding carboxylic acids is 1. The topological polar surface area (TPSA) is 64.3 Å². The smallest absolute Gasteiger partial charge is 0.218 e. The van der Waals surface area contributed by atoms with E-state index in [1.54, 1.807) is 0 Å². The summed E-state index contributed by atoms with van der Waals surface area (Å²) in [4.78, 5) is 10.6. The minimum Gasteiger partial charge on any atom is -0.491 e. The molecule has 0 aliphatic heterocycles. The number of nitrogens with one attached hydrogen (secondary N) is 1. The normalized spacial score (nSPS) is 10.5. The van der Waals surface area contributed by atoms with Crippen LogP contribution in [0.4, 0.5) is 0 Å². The lowest BCUT2D eigenvalue weighted by molar-refractivity contribution is -0.117. The summed E-state index contributed by atoms with van der Waals surface area (Å²) in [5.74, 6) is 0.596. The molecule has 0 bridgehead atoms. The van der Waals surface area contributed by atoms with Crippen molar-refractivity contribution in [2.24, 2.45) is 5.73 Å². The number of primary amides is 1. The summed E-state index contributed by atoms with van der Waals surface area (Å²) in [5.41, 5.74) is 6.15. The van der Waals surface area contributed by atoms with Crippen LogP contribution in [0.2, 0.25) is 0 Å². The van der Waals surface area contributed by atoms with Crippen molar-refractivity contribution in [1.29, 1.82) is 0 Å². The standard InChI is InChI=1S/C13H20N2O2/c1-10(2)17-12-6-4-3-5-11(12)9-15-8-7-13(14)16/h3-6,10,15H,7-9H2,1-2H3,(H2,14,16). The Morgan fingerprint density at radius 1 is 1.41 bits per heavy atom. The van der Waals surface area contributed by atoms with Gasteiger partial charge in [-0.1, -0.05) is 18.2 Å². The average Bonchev–Trinajstić information content (AvgIpc) is 2.25. The molecule has 1 amide bonds. The van der Waals surface area contributed by atoms with Crippen LogP contribution in [0.3, 0.4) is 0 Å². The Labute approximate surface area is 102 Å². The zero-order chi connectivity index (χ0) is 12.7. The minimum atomic E-state index is -0.288. The Kier molecular flexibility index (Phi) is 5.49. The van der Waals surface area contributed by atoms with Gasteiger partial charge in [-0.3, -0.25) is 4.79 Å². The maximum atomic E-state index is 10.6. The Hall–Kier alpha value is -1.55. The van der Waals surface area contributed by atoms with E-state index in [1.807, 2.05) is 38.1 Å². The van der Waals surface area contributed by atoms with Crippen LogP contribution in [-0.4, -0.2) is 18.6 Å². The van der Waals surface area contributed by atoms with Crippen LogP contribution in [0, 0.1) is 0 Å². The number of para-hydroxylation sites is 1. The highest BCUT2D eigenvalue weighted by Gasteiger charge is 2.04. The Balaban J connectivity index is 2.49. The van der Waals surface area contributed by atoms with Crippen LogP contribution < -0.4 is 15.8 Å². The van der Waals surface area contributed by atoms with Gasteiger partial charge in [0.25, 0.3) is 0 Å². The molecule has 0 aliphatic rings. The number of ether oxygens (including phenoxy) is 1. The molecule has 1 aromatic rings. The van der Waals surface area contributed by atoms with E-state index >= 15 is 0 Å². The first kappa shape index (κ1) is 13.5. The maximum Gasteiger partial charge on any atom is 0.218 e. The molecule has 0 aromatic heterocycles. The summed E-state index contributed by atoms with van der Waals surface area (Å²) in [6, 6.07) is 7.88. The number of carbonyl (C=O) groups is 1. The predicted octanol–water partition coefficient (Wildman–Crippen LogP) is 1.44. The molecular weight excluding hydrogens is 216 g/mol. The first-order chi connectivity index (χ1) is 8.09. The SMILES string of the molecule is CC(C)Oc1ccccc1CNCCC(N)=O. The molecule has 0 heterocycles. The number of amides is 1. The van der Waals surface area contributed by atoms with Crippen LogP contribution in [0.15, 0.2) is 24.3 Å². The molecule has 0 fully saturated rings. The van der Waals surface area contributed by atoms with E-state index in [1.165, 1.54) is 0 Å². The van der Waals surface area contributed by atoms with Gasteiger partial charge in [-0.15, -0.1) is 0 Å². The molecule has 0 saturated carbocycles. The van der Waals surface area contributed by atoms with Gasteiger partial charge in [0.2, 0.25) is 5.91 Å². The zero-order valence-corrected chi connectivity index (χ0v) is 10.4. The quantitative estimate of drug-likeness (QED) is 0.704. The first-order valence-corrected chi connectivity index (χ1v) is 5.83. The summed E-state index contributed by atoms with van der Waals surface area (Å²) in [7, 11) is 0. The lowest BCUT2D eigenvalue weighted by Crippen LogP contribution is -2.22. The number of benzene rings is 1. The molecule has 0 radical (unpaired) electrons. The molecule has 94 valence electrons. The maximum absolute atomic E-state index is 10.6. The fraction of sp³-hybridized carbons (Fsp3) is 0.462. The second-order valence-corrected chi connectivity index (χ2v) is 4.17. The van der Waals surface area contributed by atoms with Gasteiger partial charge in [0.05, 0.1) is 6.10 Å². The van der Waals surface area contributed by atoms with E-state index in [9.17, 15) is 4.79 Å². The molecule has 17 heavy (non-hydrogen) atoms. The lowest BCUT2D eigenvalue weighted by atomic mass is 10.2.